The molecule has 7 heteroatoms. The predicted molar refractivity (Wildman–Crippen MR) is 71.0 cm³/mol. The number of hydrogen-bond donors (Lipinski definition) is 1. The molecular weight excluding hydrogens is 277 g/mol. The molecule has 1 aliphatic heterocycles. The summed E-state index contributed by atoms with van der Waals surface area (Å²) in [5.41, 5.74) is 0.170. The van der Waals surface area contributed by atoms with E-state index in [9.17, 15) is 9.18 Å². The van der Waals surface area contributed by atoms with E-state index in [4.69, 9.17) is 9.26 Å². The van der Waals surface area contributed by atoms with Gasteiger partial charge in [-0.15, -0.1) is 0 Å². The molecule has 0 saturated carbocycles. The lowest BCUT2D eigenvalue weighted by Crippen LogP contribution is -2.32. The molecule has 21 heavy (non-hydrogen) atoms. The maximum atomic E-state index is 13.6. The number of benzene rings is 1. The highest BCUT2D eigenvalue weighted by atomic mass is 19.1. The summed E-state index contributed by atoms with van der Waals surface area (Å²) in [5.74, 6) is -1.08. The molecule has 1 N–H and O–H groups in total. The smallest absolute Gasteiger partial charge is 0.292 e. The van der Waals surface area contributed by atoms with Crippen molar-refractivity contribution < 1.29 is 18.4 Å². The fourth-order valence-electron chi connectivity index (χ4n) is 2.15. The normalized spacial score (nSPS) is 17.9. The summed E-state index contributed by atoms with van der Waals surface area (Å²) in [6, 6.07) is 6.01. The Labute approximate surface area is 120 Å². The van der Waals surface area contributed by atoms with Gasteiger partial charge < -0.3 is 14.6 Å². The van der Waals surface area contributed by atoms with Gasteiger partial charge in [0, 0.05) is 13.2 Å². The molecule has 1 aromatic heterocycles. The van der Waals surface area contributed by atoms with Gasteiger partial charge in [0.2, 0.25) is 0 Å². The zero-order valence-electron chi connectivity index (χ0n) is 11.2. The molecule has 1 atom stereocenters. The van der Waals surface area contributed by atoms with E-state index in [0.717, 1.165) is 19.4 Å². The van der Waals surface area contributed by atoms with Crippen LogP contribution in [0.4, 0.5) is 4.39 Å². The monoisotopic (exact) mass is 291 g/mol. The molecule has 1 saturated heterocycles. The van der Waals surface area contributed by atoms with Gasteiger partial charge in [0.25, 0.3) is 17.6 Å². The van der Waals surface area contributed by atoms with Gasteiger partial charge in [-0.3, -0.25) is 4.79 Å². The first-order valence-corrected chi connectivity index (χ1v) is 6.72. The van der Waals surface area contributed by atoms with Crippen molar-refractivity contribution in [3.8, 4) is 11.5 Å². The Balaban J connectivity index is 1.66. The second-order valence-corrected chi connectivity index (χ2v) is 4.75. The van der Waals surface area contributed by atoms with Gasteiger partial charge in [-0.1, -0.05) is 17.3 Å². The maximum absolute atomic E-state index is 13.6. The summed E-state index contributed by atoms with van der Waals surface area (Å²) in [5, 5.41) is 6.25. The van der Waals surface area contributed by atoms with E-state index >= 15 is 0 Å². The molecule has 1 fully saturated rings. The molecule has 110 valence electrons. The van der Waals surface area contributed by atoms with Crippen molar-refractivity contribution in [3.63, 3.8) is 0 Å². The molecule has 2 heterocycles. The number of rotatable bonds is 4. The molecular formula is C14H14FN3O3. The Morgan fingerprint density at radius 3 is 3.05 bits per heavy atom. The number of hydrogen-bond acceptors (Lipinski definition) is 5. The van der Waals surface area contributed by atoms with Crippen LogP contribution in [0.3, 0.4) is 0 Å². The maximum Gasteiger partial charge on any atom is 0.292 e. The van der Waals surface area contributed by atoms with Crippen molar-refractivity contribution in [3.05, 3.63) is 35.9 Å². The van der Waals surface area contributed by atoms with Gasteiger partial charge in [-0.2, -0.15) is 4.98 Å². The topological polar surface area (TPSA) is 77.2 Å². The van der Waals surface area contributed by atoms with Crippen molar-refractivity contribution in [1.82, 2.24) is 15.5 Å². The fourth-order valence-corrected chi connectivity index (χ4v) is 2.15. The minimum atomic E-state index is -0.479. The Morgan fingerprint density at radius 1 is 1.43 bits per heavy atom. The molecule has 0 bridgehead atoms. The quantitative estimate of drug-likeness (QED) is 0.929. The first-order chi connectivity index (χ1) is 10.2. The van der Waals surface area contributed by atoms with E-state index in [1.54, 1.807) is 12.1 Å². The molecule has 0 radical (unpaired) electrons. The summed E-state index contributed by atoms with van der Waals surface area (Å²) < 4.78 is 23.9. The molecule has 1 unspecified atom stereocenters. The van der Waals surface area contributed by atoms with E-state index in [1.807, 2.05) is 0 Å². The van der Waals surface area contributed by atoms with Crippen LogP contribution in [0.5, 0.6) is 0 Å². The summed E-state index contributed by atoms with van der Waals surface area (Å²) >= 11 is 0. The lowest BCUT2D eigenvalue weighted by molar-refractivity contribution is 0.0847. The SMILES string of the molecule is O=C(NCC1CCCO1)c1noc(-c2ccccc2F)n1. The Hall–Kier alpha value is -2.28. The van der Waals surface area contributed by atoms with Gasteiger partial charge in [0.1, 0.15) is 5.82 Å². The number of ether oxygens (including phenoxy) is 1. The number of amides is 1. The third-order valence-corrected chi connectivity index (χ3v) is 3.25. The number of nitrogens with zero attached hydrogens (tertiary/aromatic N) is 2. The van der Waals surface area contributed by atoms with Gasteiger partial charge >= 0.3 is 0 Å². The third kappa shape index (κ3) is 3.08. The average Bonchev–Trinajstić information content (AvgIpc) is 3.17. The lowest BCUT2D eigenvalue weighted by Gasteiger charge is -2.08. The summed E-state index contributed by atoms with van der Waals surface area (Å²) in [6.45, 7) is 1.13. The van der Waals surface area contributed by atoms with Crippen molar-refractivity contribution >= 4 is 5.91 Å². The standard InChI is InChI=1S/C14H14FN3O3/c15-11-6-2-1-5-10(11)14-17-12(18-21-14)13(19)16-8-9-4-3-7-20-9/h1-2,5-6,9H,3-4,7-8H2,(H,16,19). The Bertz CT molecular complexity index is 638. The van der Waals surface area contributed by atoms with Gasteiger partial charge in [-0.25, -0.2) is 4.39 Å². The van der Waals surface area contributed by atoms with E-state index in [1.165, 1.54) is 12.1 Å². The Kier molecular flexibility index (Phi) is 3.92. The third-order valence-electron chi connectivity index (χ3n) is 3.25. The van der Waals surface area contributed by atoms with Crippen LogP contribution in [0, 0.1) is 5.82 Å². The lowest BCUT2D eigenvalue weighted by atomic mass is 10.2. The zero-order chi connectivity index (χ0) is 14.7. The second-order valence-electron chi connectivity index (χ2n) is 4.75. The van der Waals surface area contributed by atoms with Crippen molar-refractivity contribution in [2.75, 3.05) is 13.2 Å². The minimum Gasteiger partial charge on any atom is -0.376 e. The van der Waals surface area contributed by atoms with Crippen LogP contribution in [0.15, 0.2) is 28.8 Å². The highest BCUT2D eigenvalue weighted by molar-refractivity contribution is 5.90. The number of aromatic nitrogens is 2. The fraction of sp³-hybridized carbons (Fsp3) is 0.357. The molecule has 6 nitrogen and oxygen atoms in total. The molecule has 1 amide bonds. The van der Waals surface area contributed by atoms with Gasteiger partial charge in [-0.05, 0) is 25.0 Å². The van der Waals surface area contributed by atoms with Crippen LogP contribution in [0.2, 0.25) is 0 Å². The molecule has 0 spiro atoms. The summed E-state index contributed by atoms with van der Waals surface area (Å²) in [7, 11) is 0. The zero-order valence-corrected chi connectivity index (χ0v) is 11.2. The van der Waals surface area contributed by atoms with E-state index in [-0.39, 0.29) is 23.4 Å². The van der Waals surface area contributed by atoms with Crippen LogP contribution >= 0.6 is 0 Å². The van der Waals surface area contributed by atoms with Crippen molar-refractivity contribution in [1.29, 1.82) is 0 Å². The summed E-state index contributed by atoms with van der Waals surface area (Å²) in [4.78, 5) is 15.8. The van der Waals surface area contributed by atoms with Crippen LogP contribution in [0.25, 0.3) is 11.5 Å². The summed E-state index contributed by atoms with van der Waals surface area (Å²) in [6.07, 6.45) is 1.96. The molecule has 3 rings (SSSR count). The van der Waals surface area contributed by atoms with E-state index < -0.39 is 11.7 Å². The van der Waals surface area contributed by atoms with Crippen LogP contribution in [0.1, 0.15) is 23.5 Å². The highest BCUT2D eigenvalue weighted by Crippen LogP contribution is 2.20. The van der Waals surface area contributed by atoms with Crippen LogP contribution in [-0.4, -0.2) is 35.3 Å². The number of carbonyl (C=O) groups excluding carboxylic acids is 1. The largest absolute Gasteiger partial charge is 0.376 e. The van der Waals surface area contributed by atoms with E-state index in [0.29, 0.717) is 6.54 Å². The number of carbonyl (C=O) groups is 1. The number of nitrogens with one attached hydrogen (secondary N) is 1. The molecule has 0 aliphatic carbocycles. The number of halogens is 1. The van der Waals surface area contributed by atoms with Gasteiger partial charge in [0.15, 0.2) is 0 Å². The predicted octanol–water partition coefficient (Wildman–Crippen LogP) is 1.78. The first-order valence-electron chi connectivity index (χ1n) is 6.72. The molecule has 2 aromatic rings. The van der Waals surface area contributed by atoms with Crippen LogP contribution in [-0.2, 0) is 4.74 Å². The van der Waals surface area contributed by atoms with Crippen molar-refractivity contribution in [2.45, 2.75) is 18.9 Å². The first kappa shape index (κ1) is 13.7. The van der Waals surface area contributed by atoms with Crippen molar-refractivity contribution in [2.24, 2.45) is 0 Å². The molecule has 1 aliphatic rings. The van der Waals surface area contributed by atoms with Gasteiger partial charge in [0.05, 0.1) is 11.7 Å². The average molecular weight is 291 g/mol. The van der Waals surface area contributed by atoms with E-state index in [2.05, 4.69) is 15.5 Å². The highest BCUT2D eigenvalue weighted by Gasteiger charge is 2.20. The second kappa shape index (κ2) is 6.01. The van der Waals surface area contributed by atoms with Crippen LogP contribution < -0.4 is 5.32 Å². The Morgan fingerprint density at radius 2 is 2.29 bits per heavy atom. The minimum absolute atomic E-state index is 0.0182. The molecule has 1 aromatic carbocycles.